The zero-order chi connectivity index (χ0) is 34.5. The molecule has 0 unspecified atom stereocenters. The minimum absolute atomic E-state index is 0.127. The summed E-state index contributed by atoms with van der Waals surface area (Å²) in [5, 5.41) is 15.5. The van der Waals surface area contributed by atoms with Crippen molar-refractivity contribution in [1.29, 1.82) is 5.26 Å². The molecule has 2 N–H and O–H groups in total. The monoisotopic (exact) mass is 747 g/mol. The maximum absolute atomic E-state index is 13.5. The minimum Gasteiger partial charge on any atom is -0.484 e. The van der Waals surface area contributed by atoms with E-state index in [0.29, 0.717) is 48.7 Å². The summed E-state index contributed by atoms with van der Waals surface area (Å²) in [6.07, 6.45) is 0. The molecule has 15 heteroatoms. The lowest BCUT2D eigenvalue weighted by atomic mass is 10.1. The van der Waals surface area contributed by atoms with Crippen LogP contribution in [0.1, 0.15) is 11.4 Å². The van der Waals surface area contributed by atoms with Crippen LogP contribution in [0.2, 0.25) is 20.1 Å². The van der Waals surface area contributed by atoms with Crippen molar-refractivity contribution in [3.63, 3.8) is 0 Å². The molecule has 244 valence electrons. The number of para-hydroxylation sites is 1. The summed E-state index contributed by atoms with van der Waals surface area (Å²) in [6.45, 7) is -0.197. The highest BCUT2D eigenvalue weighted by molar-refractivity contribution is 7.99. The van der Waals surface area contributed by atoms with Gasteiger partial charge in [0.2, 0.25) is 5.91 Å². The van der Waals surface area contributed by atoms with Gasteiger partial charge < -0.3 is 10.1 Å². The second kappa shape index (κ2) is 15.2. The second-order valence-corrected chi connectivity index (χ2v) is 12.9. The molecule has 0 bridgehead atoms. The van der Waals surface area contributed by atoms with Crippen LogP contribution >= 0.6 is 58.2 Å². The molecule has 0 aliphatic carbocycles. The van der Waals surface area contributed by atoms with Crippen LogP contribution in [-0.2, 0) is 11.4 Å². The quantitative estimate of drug-likeness (QED) is 0.104. The minimum atomic E-state index is -0.553. The predicted molar refractivity (Wildman–Crippen MR) is 194 cm³/mol. The third-order valence-corrected chi connectivity index (χ3v) is 8.77. The molecule has 10 nitrogen and oxygen atoms in total. The Balaban J connectivity index is 1.28. The zero-order valence-electron chi connectivity index (χ0n) is 25.0. The molecule has 0 saturated heterocycles. The Bertz CT molecular complexity index is 2300. The largest absolute Gasteiger partial charge is 0.484 e. The van der Waals surface area contributed by atoms with Gasteiger partial charge in [0.1, 0.15) is 24.0 Å². The fourth-order valence-electron chi connectivity index (χ4n) is 4.60. The van der Waals surface area contributed by atoms with E-state index in [2.05, 4.69) is 31.8 Å². The molecule has 0 spiro atoms. The highest BCUT2D eigenvalue weighted by Crippen LogP contribution is 2.32. The molecule has 0 radical (unpaired) electrons. The number of amides is 1. The van der Waals surface area contributed by atoms with Gasteiger partial charge in [0.25, 0.3) is 5.56 Å². The number of benzene rings is 4. The highest BCUT2D eigenvalue weighted by atomic mass is 35.5. The van der Waals surface area contributed by atoms with Gasteiger partial charge in [-0.15, -0.1) is 0 Å². The predicted octanol–water partition coefficient (Wildman–Crippen LogP) is 8.52. The fourth-order valence-corrected chi connectivity index (χ4v) is 5.95. The Morgan fingerprint density at radius 1 is 0.878 bits per heavy atom. The van der Waals surface area contributed by atoms with Crippen molar-refractivity contribution in [1.82, 2.24) is 19.6 Å². The summed E-state index contributed by atoms with van der Waals surface area (Å²) >= 11 is 25.4. The van der Waals surface area contributed by atoms with E-state index in [0.717, 1.165) is 16.4 Å². The first kappa shape index (κ1) is 34.0. The van der Waals surface area contributed by atoms with Crippen LogP contribution in [0, 0.1) is 11.3 Å². The SMILES string of the molecule is N#Cc1c(Nc2ccc(Cl)cc2)nc(SCC(=O)Nn2c(COc3ccc(Cl)cc3Cl)nc3ccccc3c2=O)nc1-c1ccc(Cl)cc1. The van der Waals surface area contributed by atoms with Crippen molar-refractivity contribution >= 4 is 86.5 Å². The van der Waals surface area contributed by atoms with E-state index in [1.54, 1.807) is 84.9 Å². The third-order valence-electron chi connectivity index (χ3n) is 6.89. The van der Waals surface area contributed by atoms with Crippen LogP contribution in [0.25, 0.3) is 22.2 Å². The van der Waals surface area contributed by atoms with Crippen molar-refractivity contribution in [3.8, 4) is 23.1 Å². The number of nitriles is 1. The number of hydrogen-bond donors (Lipinski definition) is 2. The molecule has 2 aromatic heterocycles. The van der Waals surface area contributed by atoms with Gasteiger partial charge in [0, 0.05) is 26.3 Å². The summed E-state index contributed by atoms with van der Waals surface area (Å²) in [6, 6.07) is 27.4. The summed E-state index contributed by atoms with van der Waals surface area (Å²) in [5.74, 6) is -0.0813. The van der Waals surface area contributed by atoms with Crippen LogP contribution in [0.4, 0.5) is 11.5 Å². The Labute approximate surface area is 303 Å². The number of rotatable bonds is 10. The first-order valence-electron chi connectivity index (χ1n) is 14.3. The number of carbonyl (C=O) groups excluding carboxylic acids is 1. The van der Waals surface area contributed by atoms with Crippen LogP contribution in [-0.4, -0.2) is 31.3 Å². The molecule has 2 heterocycles. The second-order valence-electron chi connectivity index (χ2n) is 10.2. The molecule has 0 aliphatic heterocycles. The number of hydrogen-bond acceptors (Lipinski definition) is 9. The van der Waals surface area contributed by atoms with Crippen LogP contribution in [0.15, 0.2) is 101 Å². The molecule has 0 saturated carbocycles. The summed E-state index contributed by atoms with van der Waals surface area (Å²) in [5.41, 5.74) is 4.33. The van der Waals surface area contributed by atoms with E-state index in [-0.39, 0.29) is 39.7 Å². The van der Waals surface area contributed by atoms with Crippen molar-refractivity contribution in [2.75, 3.05) is 16.5 Å². The lowest BCUT2D eigenvalue weighted by Gasteiger charge is -2.16. The lowest BCUT2D eigenvalue weighted by Crippen LogP contribution is -2.37. The van der Waals surface area contributed by atoms with E-state index >= 15 is 0 Å². The molecule has 49 heavy (non-hydrogen) atoms. The number of thioether (sulfide) groups is 1. The molecule has 0 atom stereocenters. The van der Waals surface area contributed by atoms with E-state index in [4.69, 9.17) is 51.1 Å². The fraction of sp³-hybridized carbons (Fsp3) is 0.0588. The average Bonchev–Trinajstić information content (AvgIpc) is 3.09. The molecule has 6 aromatic rings. The van der Waals surface area contributed by atoms with Crippen LogP contribution < -0.4 is 21.0 Å². The van der Waals surface area contributed by atoms with Gasteiger partial charge in [-0.2, -0.15) is 9.94 Å². The van der Waals surface area contributed by atoms with E-state index in [9.17, 15) is 14.9 Å². The number of carbonyl (C=O) groups is 1. The molecule has 4 aromatic carbocycles. The topological polar surface area (TPSA) is 135 Å². The van der Waals surface area contributed by atoms with E-state index in [1.807, 2.05) is 0 Å². The molecule has 0 fully saturated rings. The van der Waals surface area contributed by atoms with Gasteiger partial charge in [0.05, 0.1) is 27.4 Å². The van der Waals surface area contributed by atoms with Crippen molar-refractivity contribution in [2.45, 2.75) is 11.8 Å². The Hall–Kier alpha value is -4.83. The number of halogens is 4. The van der Waals surface area contributed by atoms with Gasteiger partial charge in [-0.1, -0.05) is 82.4 Å². The Morgan fingerprint density at radius 3 is 2.29 bits per heavy atom. The first-order valence-corrected chi connectivity index (χ1v) is 16.8. The van der Waals surface area contributed by atoms with E-state index < -0.39 is 11.5 Å². The van der Waals surface area contributed by atoms with Crippen molar-refractivity contribution in [3.05, 3.63) is 133 Å². The smallest absolute Gasteiger partial charge is 0.280 e. The molecular formula is C34H21Cl4N7O3S. The maximum Gasteiger partial charge on any atom is 0.280 e. The number of nitrogens with zero attached hydrogens (tertiary/aromatic N) is 5. The number of ether oxygens (including phenoxy) is 1. The highest BCUT2D eigenvalue weighted by Gasteiger charge is 2.19. The summed E-state index contributed by atoms with van der Waals surface area (Å²) < 4.78 is 6.89. The van der Waals surface area contributed by atoms with Gasteiger partial charge >= 0.3 is 0 Å². The molecule has 1 amide bonds. The molecule has 0 aliphatic rings. The van der Waals surface area contributed by atoms with Crippen molar-refractivity contribution < 1.29 is 9.53 Å². The van der Waals surface area contributed by atoms with Gasteiger partial charge in [0.15, 0.2) is 16.8 Å². The normalized spacial score (nSPS) is 10.8. The number of anilines is 2. The maximum atomic E-state index is 13.5. The van der Waals surface area contributed by atoms with Gasteiger partial charge in [-0.05, 0) is 66.7 Å². The number of aromatic nitrogens is 4. The Morgan fingerprint density at radius 2 is 1.57 bits per heavy atom. The molecular weight excluding hydrogens is 728 g/mol. The number of fused-ring (bicyclic) bond motifs is 1. The summed E-state index contributed by atoms with van der Waals surface area (Å²) in [7, 11) is 0. The first-order chi connectivity index (χ1) is 23.7. The van der Waals surface area contributed by atoms with Crippen LogP contribution in [0.3, 0.4) is 0 Å². The van der Waals surface area contributed by atoms with E-state index in [1.165, 1.54) is 6.07 Å². The third kappa shape index (κ3) is 8.08. The zero-order valence-corrected chi connectivity index (χ0v) is 28.8. The Kier molecular flexibility index (Phi) is 10.5. The summed E-state index contributed by atoms with van der Waals surface area (Å²) in [4.78, 5) is 40.6. The lowest BCUT2D eigenvalue weighted by molar-refractivity contribution is -0.114. The number of nitrogens with one attached hydrogen (secondary N) is 2. The van der Waals surface area contributed by atoms with Crippen molar-refractivity contribution in [2.24, 2.45) is 0 Å². The van der Waals surface area contributed by atoms with Gasteiger partial charge in [-0.3, -0.25) is 15.0 Å². The van der Waals surface area contributed by atoms with Gasteiger partial charge in [-0.25, -0.2) is 15.0 Å². The average molecular weight is 749 g/mol. The molecule has 6 rings (SSSR count). The van der Waals surface area contributed by atoms with Crippen LogP contribution in [0.5, 0.6) is 5.75 Å². The standard InChI is InChI=1S/C34H21Cl4N7O3S/c35-20-7-5-19(6-8-20)31-25(16-39)32(40-23-12-9-21(36)10-13-23)43-34(42-31)49-18-30(46)44-45-29(17-48-28-14-11-22(37)15-26(28)38)41-27-4-2-1-3-24(27)33(45)47/h1-15H,17-18H2,(H,44,46)(H,40,42,43).